The summed E-state index contributed by atoms with van der Waals surface area (Å²) >= 11 is 0. The molecule has 1 aromatic carbocycles. The van der Waals surface area contributed by atoms with E-state index in [0.717, 1.165) is 50.3 Å². The van der Waals surface area contributed by atoms with Crippen LogP contribution < -0.4 is 4.90 Å². The molecule has 2 aromatic rings. The molecule has 6 heteroatoms. The molecule has 2 fully saturated rings. The van der Waals surface area contributed by atoms with E-state index in [1.54, 1.807) is 0 Å². The molecule has 1 aromatic heterocycles. The van der Waals surface area contributed by atoms with Gasteiger partial charge in [0.25, 0.3) is 5.91 Å². The maximum Gasteiger partial charge on any atom is 0.253 e. The SMILES string of the molecule is Cc1nn(C)cc1CN1CCCC2(CC1)CN(c1ccccc1)C(=O)CO2. The zero-order chi connectivity index (χ0) is 18.9. The van der Waals surface area contributed by atoms with Crippen LogP contribution in [-0.2, 0) is 23.1 Å². The molecule has 1 spiro atoms. The molecular formula is C21H28N4O2. The predicted octanol–water partition coefficient (Wildman–Crippen LogP) is 2.52. The molecule has 27 heavy (non-hydrogen) atoms. The second-order valence-electron chi connectivity index (χ2n) is 7.83. The molecule has 0 N–H and O–H groups in total. The van der Waals surface area contributed by atoms with E-state index in [1.807, 2.05) is 47.0 Å². The van der Waals surface area contributed by atoms with Crippen molar-refractivity contribution in [2.24, 2.45) is 7.05 Å². The normalized spacial score (nSPS) is 24.4. The Morgan fingerprint density at radius 3 is 2.74 bits per heavy atom. The Hall–Kier alpha value is -2.18. The van der Waals surface area contributed by atoms with Crippen LogP contribution in [-0.4, -0.2) is 52.4 Å². The summed E-state index contributed by atoms with van der Waals surface area (Å²) < 4.78 is 8.03. The number of carbonyl (C=O) groups excluding carboxylic acids is 1. The Bertz CT molecular complexity index is 804. The molecule has 144 valence electrons. The molecule has 1 amide bonds. The highest BCUT2D eigenvalue weighted by Crippen LogP contribution is 2.33. The Morgan fingerprint density at radius 2 is 2.00 bits per heavy atom. The van der Waals surface area contributed by atoms with Crippen molar-refractivity contribution < 1.29 is 9.53 Å². The fourth-order valence-corrected chi connectivity index (χ4v) is 4.29. The van der Waals surface area contributed by atoms with Crippen molar-refractivity contribution in [1.29, 1.82) is 0 Å². The predicted molar refractivity (Wildman–Crippen MR) is 105 cm³/mol. The van der Waals surface area contributed by atoms with Crippen molar-refractivity contribution in [2.75, 3.05) is 31.1 Å². The number of amides is 1. The van der Waals surface area contributed by atoms with Gasteiger partial charge in [0.2, 0.25) is 0 Å². The second-order valence-corrected chi connectivity index (χ2v) is 7.83. The monoisotopic (exact) mass is 368 g/mol. The number of aryl methyl sites for hydroxylation is 2. The van der Waals surface area contributed by atoms with E-state index in [4.69, 9.17) is 4.74 Å². The molecule has 4 rings (SSSR count). The third kappa shape index (κ3) is 3.92. The number of rotatable bonds is 3. The smallest absolute Gasteiger partial charge is 0.253 e. The first-order valence-corrected chi connectivity index (χ1v) is 9.76. The third-order valence-electron chi connectivity index (χ3n) is 5.82. The minimum atomic E-state index is -0.234. The average Bonchev–Trinajstić information content (AvgIpc) is 2.87. The Labute approximate surface area is 160 Å². The first kappa shape index (κ1) is 18.2. The molecule has 0 bridgehead atoms. The van der Waals surface area contributed by atoms with Gasteiger partial charge in [0.1, 0.15) is 6.61 Å². The standard InChI is InChI=1S/C21H28N4O2/c1-17-18(13-23(2)22-17)14-24-11-6-9-21(10-12-24)16-25(20(26)15-27-21)19-7-4-3-5-8-19/h3-5,7-8,13H,6,9-12,14-16H2,1-2H3. The van der Waals surface area contributed by atoms with Gasteiger partial charge in [0, 0.05) is 37.6 Å². The molecule has 0 aliphatic carbocycles. The third-order valence-corrected chi connectivity index (χ3v) is 5.82. The van der Waals surface area contributed by atoms with Crippen LogP contribution in [0.5, 0.6) is 0 Å². The van der Waals surface area contributed by atoms with E-state index >= 15 is 0 Å². The first-order chi connectivity index (χ1) is 13.0. The van der Waals surface area contributed by atoms with Gasteiger partial charge in [0.15, 0.2) is 0 Å². The quantitative estimate of drug-likeness (QED) is 0.835. The van der Waals surface area contributed by atoms with Crippen molar-refractivity contribution in [3.05, 3.63) is 47.8 Å². The lowest BCUT2D eigenvalue weighted by atomic mass is 9.92. The van der Waals surface area contributed by atoms with Crippen LogP contribution in [0.15, 0.2) is 36.5 Å². The van der Waals surface area contributed by atoms with Crippen LogP contribution in [0.1, 0.15) is 30.5 Å². The average molecular weight is 368 g/mol. The fourth-order valence-electron chi connectivity index (χ4n) is 4.29. The van der Waals surface area contributed by atoms with E-state index in [9.17, 15) is 4.79 Å². The van der Waals surface area contributed by atoms with Crippen LogP contribution in [0.3, 0.4) is 0 Å². The van der Waals surface area contributed by atoms with Gasteiger partial charge in [-0.1, -0.05) is 18.2 Å². The number of hydrogen-bond acceptors (Lipinski definition) is 4. The topological polar surface area (TPSA) is 50.6 Å². The Kier molecular flexibility index (Phi) is 5.02. The number of hydrogen-bond donors (Lipinski definition) is 0. The van der Waals surface area contributed by atoms with Gasteiger partial charge in [0.05, 0.1) is 17.8 Å². The number of carbonyl (C=O) groups is 1. The highest BCUT2D eigenvalue weighted by molar-refractivity contribution is 5.95. The lowest BCUT2D eigenvalue weighted by molar-refractivity contribution is -0.140. The molecule has 2 aliphatic rings. The van der Waals surface area contributed by atoms with Gasteiger partial charge in [-0.3, -0.25) is 14.4 Å². The summed E-state index contributed by atoms with van der Waals surface area (Å²) in [4.78, 5) is 16.8. The molecule has 3 heterocycles. The number of aromatic nitrogens is 2. The molecule has 1 atom stereocenters. The minimum Gasteiger partial charge on any atom is -0.363 e. The molecule has 0 radical (unpaired) electrons. The zero-order valence-electron chi connectivity index (χ0n) is 16.2. The van der Waals surface area contributed by atoms with E-state index in [0.29, 0.717) is 6.54 Å². The molecular weight excluding hydrogens is 340 g/mol. The van der Waals surface area contributed by atoms with E-state index in [-0.39, 0.29) is 18.1 Å². The van der Waals surface area contributed by atoms with Gasteiger partial charge < -0.3 is 9.64 Å². The van der Waals surface area contributed by atoms with E-state index in [1.165, 1.54) is 5.56 Å². The summed E-state index contributed by atoms with van der Waals surface area (Å²) in [7, 11) is 1.97. The maximum absolute atomic E-state index is 12.4. The molecule has 2 aliphatic heterocycles. The van der Waals surface area contributed by atoms with E-state index in [2.05, 4.69) is 23.1 Å². The van der Waals surface area contributed by atoms with Crippen LogP contribution in [0.4, 0.5) is 5.69 Å². The van der Waals surface area contributed by atoms with Crippen LogP contribution in [0.25, 0.3) is 0 Å². The number of anilines is 1. The zero-order valence-corrected chi connectivity index (χ0v) is 16.2. The summed E-state index contributed by atoms with van der Waals surface area (Å²) in [6.07, 6.45) is 5.13. The second kappa shape index (κ2) is 7.44. The Balaban J connectivity index is 1.45. The fraction of sp³-hybridized carbons (Fsp3) is 0.524. The highest BCUT2D eigenvalue weighted by Gasteiger charge is 2.41. The van der Waals surface area contributed by atoms with Crippen molar-refractivity contribution in [1.82, 2.24) is 14.7 Å². The number of benzene rings is 1. The van der Waals surface area contributed by atoms with Crippen LogP contribution in [0.2, 0.25) is 0 Å². The van der Waals surface area contributed by atoms with Gasteiger partial charge >= 0.3 is 0 Å². The van der Waals surface area contributed by atoms with E-state index < -0.39 is 0 Å². The van der Waals surface area contributed by atoms with Crippen molar-refractivity contribution >= 4 is 11.6 Å². The van der Waals surface area contributed by atoms with Crippen LogP contribution >= 0.6 is 0 Å². The van der Waals surface area contributed by atoms with Gasteiger partial charge in [-0.15, -0.1) is 0 Å². The largest absolute Gasteiger partial charge is 0.363 e. The number of morpholine rings is 1. The van der Waals surface area contributed by atoms with Crippen molar-refractivity contribution in [3.8, 4) is 0 Å². The van der Waals surface area contributed by atoms with Gasteiger partial charge in [-0.05, 0) is 44.9 Å². The number of nitrogens with zero attached hydrogens (tertiary/aromatic N) is 4. The first-order valence-electron chi connectivity index (χ1n) is 9.76. The van der Waals surface area contributed by atoms with Crippen LogP contribution in [0, 0.1) is 6.92 Å². The van der Waals surface area contributed by atoms with Crippen molar-refractivity contribution in [2.45, 2.75) is 38.3 Å². The molecule has 1 unspecified atom stereocenters. The molecule has 2 saturated heterocycles. The van der Waals surface area contributed by atoms with Gasteiger partial charge in [-0.25, -0.2) is 0 Å². The highest BCUT2D eigenvalue weighted by atomic mass is 16.5. The summed E-state index contributed by atoms with van der Waals surface area (Å²) in [5.41, 5.74) is 3.13. The summed E-state index contributed by atoms with van der Waals surface area (Å²) in [6, 6.07) is 9.95. The number of likely N-dealkylation sites (tertiary alicyclic amines) is 1. The summed E-state index contributed by atoms with van der Waals surface area (Å²) in [6.45, 7) is 5.86. The number of para-hydroxylation sites is 1. The summed E-state index contributed by atoms with van der Waals surface area (Å²) in [5, 5.41) is 4.46. The minimum absolute atomic E-state index is 0.0545. The van der Waals surface area contributed by atoms with Crippen molar-refractivity contribution in [3.63, 3.8) is 0 Å². The maximum atomic E-state index is 12.4. The number of ether oxygens (including phenoxy) is 1. The molecule has 6 nitrogen and oxygen atoms in total. The van der Waals surface area contributed by atoms with Gasteiger partial charge in [-0.2, -0.15) is 5.10 Å². The molecule has 0 saturated carbocycles. The lowest BCUT2D eigenvalue weighted by Gasteiger charge is -2.42. The lowest BCUT2D eigenvalue weighted by Crippen LogP contribution is -2.55. The summed E-state index contributed by atoms with van der Waals surface area (Å²) in [5.74, 6) is 0.0545. The Morgan fingerprint density at radius 1 is 1.19 bits per heavy atom.